The minimum absolute atomic E-state index is 0.0200. The average Bonchev–Trinajstić information content (AvgIpc) is 3.43. The minimum Gasteiger partial charge on any atom is -0.474 e. The Labute approximate surface area is 201 Å². The zero-order valence-corrected chi connectivity index (χ0v) is 19.6. The van der Waals surface area contributed by atoms with Crippen LogP contribution in [0.2, 0.25) is 0 Å². The SMILES string of the molecule is Cc1[nH]ncc1-c1ccc2c(C(=O)NC3CCC(Oc4ncccc4C(N)=O)CC3)nc(C)n2c1. The molecule has 1 fully saturated rings. The van der Waals surface area contributed by atoms with Gasteiger partial charge in [-0.15, -0.1) is 0 Å². The summed E-state index contributed by atoms with van der Waals surface area (Å²) in [7, 11) is 0. The number of fused-ring (bicyclic) bond motifs is 1. The summed E-state index contributed by atoms with van der Waals surface area (Å²) in [5, 5.41) is 10.2. The van der Waals surface area contributed by atoms with Crippen LogP contribution in [0.5, 0.6) is 5.88 Å². The zero-order valence-electron chi connectivity index (χ0n) is 19.6. The summed E-state index contributed by atoms with van der Waals surface area (Å²) in [5.74, 6) is 0.250. The Bertz CT molecular complexity index is 1400. The van der Waals surface area contributed by atoms with Crippen LogP contribution >= 0.6 is 0 Å². The predicted octanol–water partition coefficient (Wildman–Crippen LogP) is 2.96. The first-order valence-corrected chi connectivity index (χ1v) is 11.6. The largest absolute Gasteiger partial charge is 0.474 e. The molecule has 0 bridgehead atoms. The van der Waals surface area contributed by atoms with Gasteiger partial charge in [-0.2, -0.15) is 5.10 Å². The molecule has 0 atom stereocenters. The summed E-state index contributed by atoms with van der Waals surface area (Å²) >= 11 is 0. The molecule has 35 heavy (non-hydrogen) atoms. The number of H-pyrrole nitrogens is 1. The van der Waals surface area contributed by atoms with E-state index in [9.17, 15) is 9.59 Å². The number of rotatable bonds is 6. The number of carbonyl (C=O) groups excluding carboxylic acids is 2. The van der Waals surface area contributed by atoms with Crippen LogP contribution in [-0.2, 0) is 0 Å². The first-order chi connectivity index (χ1) is 16.9. The Morgan fingerprint density at radius 1 is 1.17 bits per heavy atom. The third kappa shape index (κ3) is 4.46. The normalized spacial score (nSPS) is 17.9. The van der Waals surface area contributed by atoms with Gasteiger partial charge in [0, 0.05) is 35.3 Å². The first kappa shape index (κ1) is 22.6. The number of ether oxygens (including phenoxy) is 1. The molecule has 1 aliphatic carbocycles. The summed E-state index contributed by atoms with van der Waals surface area (Å²) in [6.45, 7) is 3.86. The van der Waals surface area contributed by atoms with Crippen LogP contribution in [0, 0.1) is 13.8 Å². The number of hydrogen-bond acceptors (Lipinski definition) is 6. The molecule has 0 aromatic carbocycles. The van der Waals surface area contributed by atoms with Gasteiger partial charge < -0.3 is 20.2 Å². The quantitative estimate of drug-likeness (QED) is 0.393. The molecule has 0 spiro atoms. The number of aromatic nitrogens is 5. The van der Waals surface area contributed by atoms with Crippen LogP contribution in [-0.4, -0.2) is 48.5 Å². The number of nitrogens with one attached hydrogen (secondary N) is 2. The fourth-order valence-corrected chi connectivity index (χ4v) is 4.61. The van der Waals surface area contributed by atoms with E-state index < -0.39 is 5.91 Å². The Kier molecular flexibility index (Phi) is 5.94. The fourth-order valence-electron chi connectivity index (χ4n) is 4.61. The summed E-state index contributed by atoms with van der Waals surface area (Å²) in [4.78, 5) is 33.4. The number of hydrogen-bond donors (Lipinski definition) is 3. The van der Waals surface area contributed by atoms with Crippen molar-refractivity contribution in [3.8, 4) is 17.0 Å². The second kappa shape index (κ2) is 9.21. The van der Waals surface area contributed by atoms with E-state index in [0.717, 1.165) is 53.8 Å². The van der Waals surface area contributed by atoms with Crippen molar-refractivity contribution in [3.05, 3.63) is 65.6 Å². The molecule has 4 aromatic heterocycles. The lowest BCUT2D eigenvalue weighted by Crippen LogP contribution is -2.40. The molecular formula is C25H27N7O3. The second-order valence-corrected chi connectivity index (χ2v) is 8.87. The topological polar surface area (TPSA) is 140 Å². The number of pyridine rings is 2. The number of aromatic amines is 1. The third-order valence-electron chi connectivity index (χ3n) is 6.49. The first-order valence-electron chi connectivity index (χ1n) is 11.6. The van der Waals surface area contributed by atoms with Gasteiger partial charge in [0.05, 0.1) is 11.7 Å². The van der Waals surface area contributed by atoms with Gasteiger partial charge in [0.25, 0.3) is 11.8 Å². The maximum atomic E-state index is 13.1. The summed E-state index contributed by atoms with van der Waals surface area (Å²) < 4.78 is 7.88. The number of nitrogens with two attached hydrogens (primary N) is 1. The van der Waals surface area contributed by atoms with Crippen LogP contribution in [0.1, 0.15) is 58.0 Å². The minimum atomic E-state index is -0.566. The van der Waals surface area contributed by atoms with Crippen LogP contribution in [0.3, 0.4) is 0 Å². The van der Waals surface area contributed by atoms with Gasteiger partial charge in [-0.05, 0) is 57.7 Å². The van der Waals surface area contributed by atoms with Gasteiger partial charge in [-0.1, -0.05) is 6.07 Å². The second-order valence-electron chi connectivity index (χ2n) is 8.87. The summed E-state index contributed by atoms with van der Waals surface area (Å²) in [6, 6.07) is 7.18. The highest BCUT2D eigenvalue weighted by Crippen LogP contribution is 2.26. The van der Waals surface area contributed by atoms with Gasteiger partial charge in [-0.3, -0.25) is 14.7 Å². The van der Waals surface area contributed by atoms with Crippen LogP contribution < -0.4 is 15.8 Å². The Hall–Kier alpha value is -4.21. The van der Waals surface area contributed by atoms with Crippen molar-refractivity contribution in [2.75, 3.05) is 0 Å². The predicted molar refractivity (Wildman–Crippen MR) is 129 cm³/mol. The highest BCUT2D eigenvalue weighted by Gasteiger charge is 2.27. The number of carbonyl (C=O) groups is 2. The van der Waals surface area contributed by atoms with Gasteiger partial charge >= 0.3 is 0 Å². The lowest BCUT2D eigenvalue weighted by atomic mass is 9.93. The highest BCUT2D eigenvalue weighted by molar-refractivity contribution is 5.99. The molecule has 4 aromatic rings. The molecular weight excluding hydrogens is 446 g/mol. The van der Waals surface area contributed by atoms with E-state index >= 15 is 0 Å². The van der Waals surface area contributed by atoms with Gasteiger partial charge in [-0.25, -0.2) is 9.97 Å². The van der Waals surface area contributed by atoms with Crippen molar-refractivity contribution >= 4 is 17.3 Å². The van der Waals surface area contributed by atoms with E-state index in [1.54, 1.807) is 24.5 Å². The van der Waals surface area contributed by atoms with E-state index in [1.807, 2.05) is 36.6 Å². The van der Waals surface area contributed by atoms with Crippen molar-refractivity contribution in [1.29, 1.82) is 0 Å². The number of imidazole rings is 1. The smallest absolute Gasteiger partial charge is 0.272 e. The summed E-state index contributed by atoms with van der Waals surface area (Å²) in [6.07, 6.45) is 8.23. The molecule has 1 aliphatic rings. The molecule has 4 N–H and O–H groups in total. The lowest BCUT2D eigenvalue weighted by Gasteiger charge is -2.29. The van der Waals surface area contributed by atoms with Crippen LogP contribution in [0.25, 0.3) is 16.6 Å². The standard InChI is InChI=1S/C25H27N7O3/c1-14-20(12-28-31-14)16-5-10-21-22(29-15(2)32(21)13-16)24(34)30-17-6-8-18(9-7-17)35-25-19(23(26)33)4-3-11-27-25/h3-5,10-13,17-18H,6-9H2,1-2H3,(H2,26,33)(H,28,31)(H,30,34). The average molecular weight is 474 g/mol. The number of amides is 2. The molecule has 0 aliphatic heterocycles. The number of aryl methyl sites for hydroxylation is 2. The fraction of sp³-hybridized carbons (Fsp3) is 0.320. The number of primary amides is 1. The Morgan fingerprint density at radius 3 is 2.69 bits per heavy atom. The third-order valence-corrected chi connectivity index (χ3v) is 6.49. The monoisotopic (exact) mass is 473 g/mol. The lowest BCUT2D eigenvalue weighted by molar-refractivity contribution is 0.0878. The number of nitrogens with zero attached hydrogens (tertiary/aromatic N) is 4. The molecule has 2 amide bonds. The van der Waals surface area contributed by atoms with Crippen molar-refractivity contribution in [1.82, 2.24) is 29.9 Å². The summed E-state index contributed by atoms with van der Waals surface area (Å²) in [5.41, 5.74) is 9.86. The molecule has 1 saturated carbocycles. The molecule has 10 heteroatoms. The van der Waals surface area contributed by atoms with Crippen molar-refractivity contribution in [2.24, 2.45) is 5.73 Å². The van der Waals surface area contributed by atoms with E-state index in [4.69, 9.17) is 10.5 Å². The van der Waals surface area contributed by atoms with E-state index in [-0.39, 0.29) is 29.5 Å². The molecule has 0 radical (unpaired) electrons. The van der Waals surface area contributed by atoms with Crippen LogP contribution in [0.4, 0.5) is 0 Å². The van der Waals surface area contributed by atoms with Gasteiger partial charge in [0.15, 0.2) is 5.69 Å². The van der Waals surface area contributed by atoms with Crippen molar-refractivity contribution in [3.63, 3.8) is 0 Å². The maximum absolute atomic E-state index is 13.1. The van der Waals surface area contributed by atoms with Crippen LogP contribution in [0.15, 0.2) is 42.9 Å². The Morgan fingerprint density at radius 2 is 1.97 bits per heavy atom. The molecule has 180 valence electrons. The van der Waals surface area contributed by atoms with Crippen molar-refractivity contribution in [2.45, 2.75) is 51.7 Å². The van der Waals surface area contributed by atoms with Crippen molar-refractivity contribution < 1.29 is 14.3 Å². The van der Waals surface area contributed by atoms with Gasteiger partial charge in [0.2, 0.25) is 5.88 Å². The van der Waals surface area contributed by atoms with E-state index in [1.165, 1.54) is 0 Å². The maximum Gasteiger partial charge on any atom is 0.272 e. The zero-order chi connectivity index (χ0) is 24.5. The molecule has 5 rings (SSSR count). The van der Waals surface area contributed by atoms with Gasteiger partial charge in [0.1, 0.15) is 17.5 Å². The molecule has 10 nitrogen and oxygen atoms in total. The highest BCUT2D eigenvalue weighted by atomic mass is 16.5. The molecule has 0 saturated heterocycles. The van der Waals surface area contributed by atoms with E-state index in [0.29, 0.717) is 5.69 Å². The molecule has 0 unspecified atom stereocenters. The van der Waals surface area contributed by atoms with E-state index in [2.05, 4.69) is 25.5 Å². The molecule has 4 heterocycles. The Balaban J connectivity index is 1.24.